The van der Waals surface area contributed by atoms with Crippen molar-refractivity contribution in [3.63, 3.8) is 0 Å². The van der Waals surface area contributed by atoms with Gasteiger partial charge in [0.15, 0.2) is 0 Å². The highest BCUT2D eigenvalue weighted by Gasteiger charge is 2.13. The van der Waals surface area contributed by atoms with E-state index < -0.39 is 0 Å². The van der Waals surface area contributed by atoms with Gasteiger partial charge in [-0.3, -0.25) is 9.59 Å². The molecule has 1 aromatic carbocycles. The van der Waals surface area contributed by atoms with E-state index in [9.17, 15) is 9.59 Å². The Labute approximate surface area is 111 Å². The van der Waals surface area contributed by atoms with Crippen molar-refractivity contribution in [1.82, 2.24) is 4.98 Å². The molecule has 0 fully saturated rings. The summed E-state index contributed by atoms with van der Waals surface area (Å²) in [5.74, 6) is -0.385. The first kappa shape index (κ1) is 13.1. The highest BCUT2D eigenvalue weighted by atomic mass is 16.2. The van der Waals surface area contributed by atoms with E-state index >= 15 is 0 Å². The fraction of sp³-hybridized carbons (Fsp3) is 0.200. The number of pyridine rings is 1. The minimum atomic E-state index is -0.385. The van der Waals surface area contributed by atoms with Crippen LogP contribution in [0, 0.1) is 20.8 Å². The lowest BCUT2D eigenvalue weighted by Gasteiger charge is -2.08. The molecule has 0 atom stereocenters. The summed E-state index contributed by atoms with van der Waals surface area (Å²) in [6.45, 7) is 5.66. The quantitative estimate of drug-likeness (QED) is 0.867. The summed E-state index contributed by atoms with van der Waals surface area (Å²) in [4.78, 5) is 26.4. The lowest BCUT2D eigenvalue weighted by Crippen LogP contribution is -2.24. The third-order valence-corrected chi connectivity index (χ3v) is 2.88. The molecule has 2 aromatic rings. The van der Waals surface area contributed by atoms with Crippen molar-refractivity contribution >= 4 is 11.6 Å². The molecule has 0 aliphatic heterocycles. The van der Waals surface area contributed by atoms with Gasteiger partial charge in [-0.05, 0) is 55.7 Å². The molecule has 0 saturated carbocycles. The molecule has 4 heteroatoms. The van der Waals surface area contributed by atoms with Gasteiger partial charge in [0.1, 0.15) is 5.56 Å². The minimum absolute atomic E-state index is 0.154. The second kappa shape index (κ2) is 5.10. The molecular weight excluding hydrogens is 240 g/mol. The first-order valence-corrected chi connectivity index (χ1v) is 6.05. The SMILES string of the molecule is Cc1cc(C)cc(NC(=O)c2c(C)cc[nH]c2=O)c1. The van der Waals surface area contributed by atoms with Crippen LogP contribution in [-0.2, 0) is 0 Å². The van der Waals surface area contributed by atoms with Crippen molar-refractivity contribution < 1.29 is 4.79 Å². The number of aryl methyl sites for hydroxylation is 3. The average molecular weight is 256 g/mol. The monoisotopic (exact) mass is 256 g/mol. The standard InChI is InChI=1S/C15H16N2O2/c1-9-6-10(2)8-12(7-9)17-15(19)13-11(3)4-5-16-14(13)18/h4-8H,1-3H3,(H,16,18)(H,17,19). The van der Waals surface area contributed by atoms with E-state index in [2.05, 4.69) is 10.3 Å². The maximum absolute atomic E-state index is 12.1. The fourth-order valence-electron chi connectivity index (χ4n) is 2.10. The summed E-state index contributed by atoms with van der Waals surface area (Å²) >= 11 is 0. The van der Waals surface area contributed by atoms with Gasteiger partial charge < -0.3 is 10.3 Å². The van der Waals surface area contributed by atoms with Crippen LogP contribution < -0.4 is 10.9 Å². The average Bonchev–Trinajstić information content (AvgIpc) is 2.26. The van der Waals surface area contributed by atoms with Gasteiger partial charge in [-0.25, -0.2) is 0 Å². The zero-order valence-electron chi connectivity index (χ0n) is 11.2. The number of amides is 1. The van der Waals surface area contributed by atoms with Gasteiger partial charge in [-0.15, -0.1) is 0 Å². The summed E-state index contributed by atoms with van der Waals surface area (Å²) < 4.78 is 0. The molecule has 19 heavy (non-hydrogen) atoms. The molecule has 2 rings (SSSR count). The van der Waals surface area contributed by atoms with Crippen molar-refractivity contribution in [2.45, 2.75) is 20.8 Å². The Hall–Kier alpha value is -2.36. The Morgan fingerprint density at radius 3 is 2.32 bits per heavy atom. The number of carbonyl (C=O) groups is 1. The fourth-order valence-corrected chi connectivity index (χ4v) is 2.10. The van der Waals surface area contributed by atoms with Gasteiger partial charge >= 0.3 is 0 Å². The maximum atomic E-state index is 12.1. The van der Waals surface area contributed by atoms with Crippen molar-refractivity contribution in [2.75, 3.05) is 5.32 Å². The number of aromatic amines is 1. The van der Waals surface area contributed by atoms with Gasteiger partial charge in [-0.2, -0.15) is 0 Å². The summed E-state index contributed by atoms with van der Waals surface area (Å²) in [5, 5.41) is 2.76. The van der Waals surface area contributed by atoms with Gasteiger partial charge in [0.2, 0.25) is 0 Å². The maximum Gasteiger partial charge on any atom is 0.261 e. The summed E-state index contributed by atoms with van der Waals surface area (Å²) in [5.41, 5.74) is 3.27. The first-order valence-electron chi connectivity index (χ1n) is 6.05. The Balaban J connectivity index is 2.33. The van der Waals surface area contributed by atoms with Gasteiger partial charge in [-0.1, -0.05) is 6.07 Å². The molecule has 1 aromatic heterocycles. The summed E-state index contributed by atoms with van der Waals surface area (Å²) in [7, 11) is 0. The molecule has 98 valence electrons. The van der Waals surface area contributed by atoms with Crippen LogP contribution in [0.4, 0.5) is 5.69 Å². The van der Waals surface area contributed by atoms with Crippen molar-refractivity contribution in [3.05, 3.63) is 63.1 Å². The van der Waals surface area contributed by atoms with Crippen LogP contribution in [0.25, 0.3) is 0 Å². The van der Waals surface area contributed by atoms with Crippen LogP contribution in [0.5, 0.6) is 0 Å². The van der Waals surface area contributed by atoms with Crippen LogP contribution in [0.3, 0.4) is 0 Å². The molecule has 0 unspecified atom stereocenters. The van der Waals surface area contributed by atoms with Gasteiger partial charge in [0, 0.05) is 11.9 Å². The number of benzene rings is 1. The summed E-state index contributed by atoms with van der Waals surface area (Å²) in [6.07, 6.45) is 1.53. The normalized spacial score (nSPS) is 10.3. The topological polar surface area (TPSA) is 62.0 Å². The number of carbonyl (C=O) groups excluding carboxylic acids is 1. The zero-order chi connectivity index (χ0) is 14.0. The number of hydrogen-bond donors (Lipinski definition) is 2. The van der Waals surface area contributed by atoms with Crippen molar-refractivity contribution in [1.29, 1.82) is 0 Å². The number of nitrogens with one attached hydrogen (secondary N) is 2. The summed E-state index contributed by atoms with van der Waals surface area (Å²) in [6, 6.07) is 7.47. The van der Waals surface area contributed by atoms with E-state index in [1.54, 1.807) is 13.0 Å². The first-order chi connectivity index (χ1) is 8.97. The van der Waals surface area contributed by atoms with Crippen molar-refractivity contribution in [2.24, 2.45) is 0 Å². The second-order valence-corrected chi connectivity index (χ2v) is 4.70. The zero-order valence-corrected chi connectivity index (χ0v) is 11.2. The molecule has 0 radical (unpaired) electrons. The van der Waals surface area contributed by atoms with Crippen LogP contribution in [0.15, 0.2) is 35.3 Å². The number of aromatic nitrogens is 1. The van der Waals surface area contributed by atoms with E-state index in [1.165, 1.54) is 6.20 Å². The molecule has 2 N–H and O–H groups in total. The molecule has 0 saturated heterocycles. The Morgan fingerprint density at radius 2 is 1.74 bits per heavy atom. The Bertz CT molecular complexity index is 667. The van der Waals surface area contributed by atoms with Crippen LogP contribution in [-0.4, -0.2) is 10.9 Å². The third-order valence-electron chi connectivity index (χ3n) is 2.88. The van der Waals surface area contributed by atoms with Gasteiger partial charge in [0.25, 0.3) is 11.5 Å². The van der Waals surface area contributed by atoms with E-state index in [-0.39, 0.29) is 17.0 Å². The smallest absolute Gasteiger partial charge is 0.261 e. The van der Waals surface area contributed by atoms with Crippen molar-refractivity contribution in [3.8, 4) is 0 Å². The second-order valence-electron chi connectivity index (χ2n) is 4.70. The van der Waals surface area contributed by atoms with E-state index in [1.807, 2.05) is 32.0 Å². The molecule has 1 heterocycles. The highest BCUT2D eigenvalue weighted by molar-refractivity contribution is 6.05. The van der Waals surface area contributed by atoms with Crippen LogP contribution in [0.2, 0.25) is 0 Å². The molecule has 1 amide bonds. The highest BCUT2D eigenvalue weighted by Crippen LogP contribution is 2.15. The molecule has 0 aliphatic carbocycles. The lowest BCUT2D eigenvalue weighted by molar-refractivity contribution is 0.102. The Morgan fingerprint density at radius 1 is 1.11 bits per heavy atom. The van der Waals surface area contributed by atoms with Gasteiger partial charge in [0.05, 0.1) is 0 Å². The largest absolute Gasteiger partial charge is 0.328 e. The van der Waals surface area contributed by atoms with E-state index in [0.29, 0.717) is 11.3 Å². The molecule has 0 bridgehead atoms. The third kappa shape index (κ3) is 2.91. The molecule has 0 aliphatic rings. The molecule has 4 nitrogen and oxygen atoms in total. The predicted octanol–water partition coefficient (Wildman–Crippen LogP) is 2.55. The number of rotatable bonds is 2. The minimum Gasteiger partial charge on any atom is -0.328 e. The lowest BCUT2D eigenvalue weighted by atomic mass is 10.1. The van der Waals surface area contributed by atoms with E-state index in [4.69, 9.17) is 0 Å². The van der Waals surface area contributed by atoms with Crippen LogP contribution in [0.1, 0.15) is 27.0 Å². The number of H-pyrrole nitrogens is 1. The Kier molecular flexibility index (Phi) is 3.51. The van der Waals surface area contributed by atoms with E-state index in [0.717, 1.165) is 11.1 Å². The van der Waals surface area contributed by atoms with Crippen LogP contribution >= 0.6 is 0 Å². The predicted molar refractivity (Wildman–Crippen MR) is 75.7 cm³/mol. The molecular formula is C15H16N2O2. The number of hydrogen-bond acceptors (Lipinski definition) is 2. The molecule has 0 spiro atoms. The number of anilines is 1.